The van der Waals surface area contributed by atoms with Gasteiger partial charge in [0, 0.05) is 6.07 Å². The largest absolute Gasteiger partial charge is 0.493 e. The van der Waals surface area contributed by atoms with E-state index < -0.39 is 11.6 Å². The van der Waals surface area contributed by atoms with Crippen LogP contribution in [0.2, 0.25) is 0 Å². The maximum atomic E-state index is 12.8. The van der Waals surface area contributed by atoms with Gasteiger partial charge < -0.3 is 10.1 Å². The number of halogens is 2. The van der Waals surface area contributed by atoms with E-state index in [9.17, 15) is 8.78 Å². The van der Waals surface area contributed by atoms with Crippen LogP contribution < -0.4 is 10.1 Å². The molecule has 1 N–H and O–H groups in total. The first-order chi connectivity index (χ1) is 8.24. The minimum atomic E-state index is -0.866. The molecule has 0 aliphatic rings. The van der Waals surface area contributed by atoms with Crippen LogP contribution in [0.25, 0.3) is 0 Å². The van der Waals surface area contributed by atoms with Crippen molar-refractivity contribution >= 4 is 0 Å². The molecule has 0 bridgehead atoms. The molecule has 1 aromatic carbocycles. The van der Waals surface area contributed by atoms with Crippen molar-refractivity contribution in [1.82, 2.24) is 5.32 Å². The summed E-state index contributed by atoms with van der Waals surface area (Å²) < 4.78 is 30.8. The molecule has 0 amide bonds. The third kappa shape index (κ3) is 5.63. The number of hydrogen-bond acceptors (Lipinski definition) is 2. The monoisotopic (exact) mass is 243 g/mol. The minimum Gasteiger partial charge on any atom is -0.493 e. The summed E-state index contributed by atoms with van der Waals surface area (Å²) in [5.41, 5.74) is 0. The van der Waals surface area contributed by atoms with Crippen molar-refractivity contribution in [2.45, 2.75) is 26.2 Å². The Morgan fingerprint density at radius 3 is 2.65 bits per heavy atom. The Bertz CT molecular complexity index is 331. The van der Waals surface area contributed by atoms with Gasteiger partial charge >= 0.3 is 0 Å². The molecule has 17 heavy (non-hydrogen) atoms. The lowest BCUT2D eigenvalue weighted by atomic mass is 10.2. The van der Waals surface area contributed by atoms with Crippen LogP contribution in [-0.2, 0) is 0 Å². The molecule has 0 aliphatic heterocycles. The molecule has 0 atom stereocenters. The van der Waals surface area contributed by atoms with E-state index in [1.165, 1.54) is 6.07 Å². The summed E-state index contributed by atoms with van der Waals surface area (Å²) >= 11 is 0. The van der Waals surface area contributed by atoms with Crippen LogP contribution in [0.5, 0.6) is 5.75 Å². The average Bonchev–Trinajstić information content (AvgIpc) is 2.32. The smallest absolute Gasteiger partial charge is 0.162 e. The number of rotatable bonds is 8. The van der Waals surface area contributed by atoms with Crippen molar-refractivity contribution in [3.63, 3.8) is 0 Å². The molecule has 1 rings (SSSR count). The van der Waals surface area contributed by atoms with Gasteiger partial charge in [0.2, 0.25) is 0 Å². The second-order valence-electron chi connectivity index (χ2n) is 3.84. The molecule has 0 heterocycles. The maximum absolute atomic E-state index is 12.8. The lowest BCUT2D eigenvalue weighted by Crippen LogP contribution is -2.14. The van der Waals surface area contributed by atoms with Gasteiger partial charge in [-0.05, 0) is 44.5 Å². The van der Waals surface area contributed by atoms with Gasteiger partial charge in [0.25, 0.3) is 0 Å². The lowest BCUT2D eigenvalue weighted by Gasteiger charge is -2.06. The van der Waals surface area contributed by atoms with Gasteiger partial charge in [-0.15, -0.1) is 0 Å². The fourth-order valence-electron chi connectivity index (χ4n) is 1.46. The third-order valence-corrected chi connectivity index (χ3v) is 2.41. The van der Waals surface area contributed by atoms with Crippen LogP contribution in [0.1, 0.15) is 26.2 Å². The predicted molar refractivity (Wildman–Crippen MR) is 64.2 cm³/mol. The fraction of sp³-hybridized carbons (Fsp3) is 0.538. The SMILES string of the molecule is CCNCCCCCOc1ccc(F)c(F)c1. The van der Waals surface area contributed by atoms with Gasteiger partial charge in [-0.25, -0.2) is 8.78 Å². The number of hydrogen-bond donors (Lipinski definition) is 1. The summed E-state index contributed by atoms with van der Waals surface area (Å²) in [5, 5.41) is 3.24. The fourth-order valence-corrected chi connectivity index (χ4v) is 1.46. The first-order valence-electron chi connectivity index (χ1n) is 6.02. The van der Waals surface area contributed by atoms with Crippen molar-refractivity contribution in [3.05, 3.63) is 29.8 Å². The highest BCUT2D eigenvalue weighted by atomic mass is 19.2. The second kappa shape index (κ2) is 8.01. The van der Waals surface area contributed by atoms with E-state index in [-0.39, 0.29) is 0 Å². The normalized spacial score (nSPS) is 10.5. The highest BCUT2D eigenvalue weighted by Crippen LogP contribution is 2.15. The third-order valence-electron chi connectivity index (χ3n) is 2.41. The Hall–Kier alpha value is -1.16. The van der Waals surface area contributed by atoms with Crippen LogP contribution in [0.3, 0.4) is 0 Å². The molecule has 96 valence electrons. The quantitative estimate of drug-likeness (QED) is 0.708. The second-order valence-corrected chi connectivity index (χ2v) is 3.84. The first kappa shape index (κ1) is 13.9. The summed E-state index contributed by atoms with van der Waals surface area (Å²) in [6, 6.07) is 3.60. The van der Waals surface area contributed by atoms with Gasteiger partial charge in [0.05, 0.1) is 6.61 Å². The summed E-state index contributed by atoms with van der Waals surface area (Å²) in [6.07, 6.45) is 3.09. The zero-order chi connectivity index (χ0) is 12.5. The standard InChI is InChI=1S/C13H19F2NO/c1-2-16-8-4-3-5-9-17-11-6-7-12(14)13(15)10-11/h6-7,10,16H,2-5,8-9H2,1H3. The number of benzene rings is 1. The summed E-state index contributed by atoms with van der Waals surface area (Å²) in [7, 11) is 0. The Balaban J connectivity index is 2.11. The number of ether oxygens (including phenoxy) is 1. The van der Waals surface area contributed by atoms with Crippen LogP contribution in [-0.4, -0.2) is 19.7 Å². The molecule has 4 heteroatoms. The number of nitrogens with one attached hydrogen (secondary N) is 1. The molecular formula is C13H19F2NO. The molecule has 0 radical (unpaired) electrons. The van der Waals surface area contributed by atoms with Gasteiger partial charge in [-0.1, -0.05) is 6.92 Å². The van der Waals surface area contributed by atoms with E-state index in [0.717, 1.165) is 44.5 Å². The highest BCUT2D eigenvalue weighted by molar-refractivity contribution is 5.23. The van der Waals surface area contributed by atoms with E-state index in [1.807, 2.05) is 0 Å². The van der Waals surface area contributed by atoms with Gasteiger partial charge in [0.15, 0.2) is 11.6 Å². The molecular weight excluding hydrogens is 224 g/mol. The molecule has 0 saturated heterocycles. The van der Waals surface area contributed by atoms with E-state index in [2.05, 4.69) is 12.2 Å². The van der Waals surface area contributed by atoms with Gasteiger partial charge in [0.1, 0.15) is 5.75 Å². The molecule has 0 aliphatic carbocycles. The van der Waals surface area contributed by atoms with E-state index in [4.69, 9.17) is 4.74 Å². The topological polar surface area (TPSA) is 21.3 Å². The van der Waals surface area contributed by atoms with Crippen molar-refractivity contribution in [2.24, 2.45) is 0 Å². The van der Waals surface area contributed by atoms with Crippen LogP contribution in [0, 0.1) is 11.6 Å². The number of unbranched alkanes of at least 4 members (excludes halogenated alkanes) is 2. The average molecular weight is 243 g/mol. The molecule has 0 spiro atoms. The van der Waals surface area contributed by atoms with Crippen molar-refractivity contribution in [1.29, 1.82) is 0 Å². The highest BCUT2D eigenvalue weighted by Gasteiger charge is 2.02. The summed E-state index contributed by atoms with van der Waals surface area (Å²) in [6.45, 7) is 4.62. The van der Waals surface area contributed by atoms with Gasteiger partial charge in [-0.3, -0.25) is 0 Å². The molecule has 1 aromatic rings. The molecule has 2 nitrogen and oxygen atoms in total. The van der Waals surface area contributed by atoms with Crippen LogP contribution in [0.4, 0.5) is 8.78 Å². The predicted octanol–water partition coefficient (Wildman–Crippen LogP) is 3.12. The molecule has 0 fully saturated rings. The van der Waals surface area contributed by atoms with Crippen molar-refractivity contribution in [2.75, 3.05) is 19.7 Å². The summed E-state index contributed by atoms with van der Waals surface area (Å²) in [4.78, 5) is 0. The minimum absolute atomic E-state index is 0.385. The van der Waals surface area contributed by atoms with E-state index in [0.29, 0.717) is 12.4 Å². The maximum Gasteiger partial charge on any atom is 0.162 e. The zero-order valence-electron chi connectivity index (χ0n) is 10.1. The van der Waals surface area contributed by atoms with E-state index in [1.54, 1.807) is 0 Å². The Morgan fingerprint density at radius 1 is 1.12 bits per heavy atom. The van der Waals surface area contributed by atoms with Crippen molar-refractivity contribution in [3.8, 4) is 5.75 Å². The molecule has 0 saturated carbocycles. The molecule has 0 unspecified atom stereocenters. The first-order valence-corrected chi connectivity index (χ1v) is 6.02. The van der Waals surface area contributed by atoms with Crippen LogP contribution in [0.15, 0.2) is 18.2 Å². The Morgan fingerprint density at radius 2 is 1.94 bits per heavy atom. The van der Waals surface area contributed by atoms with Crippen molar-refractivity contribution < 1.29 is 13.5 Å². The van der Waals surface area contributed by atoms with Crippen LogP contribution >= 0.6 is 0 Å². The zero-order valence-corrected chi connectivity index (χ0v) is 10.1. The Kier molecular flexibility index (Phi) is 6.55. The van der Waals surface area contributed by atoms with Gasteiger partial charge in [-0.2, -0.15) is 0 Å². The van der Waals surface area contributed by atoms with E-state index >= 15 is 0 Å². The summed E-state index contributed by atoms with van der Waals surface area (Å²) in [5.74, 6) is -1.33. The molecule has 0 aromatic heterocycles. The lowest BCUT2D eigenvalue weighted by molar-refractivity contribution is 0.302. The Labute approximate surface area is 101 Å².